The van der Waals surface area contributed by atoms with Crippen molar-refractivity contribution in [3.8, 4) is 11.6 Å². The second kappa shape index (κ2) is 11.9. The Hall–Kier alpha value is -2.61. The van der Waals surface area contributed by atoms with Gasteiger partial charge in [-0.15, -0.1) is 0 Å². The molecule has 1 N–H and O–H groups in total. The van der Waals surface area contributed by atoms with Crippen molar-refractivity contribution < 1.29 is 19.1 Å². The third-order valence-electron chi connectivity index (χ3n) is 5.30. The first kappa shape index (κ1) is 24.0. The van der Waals surface area contributed by atoms with Gasteiger partial charge in [0.2, 0.25) is 11.8 Å². The molecule has 1 fully saturated rings. The summed E-state index contributed by atoms with van der Waals surface area (Å²) in [6.07, 6.45) is 4.97. The van der Waals surface area contributed by atoms with Crippen molar-refractivity contribution in [3.05, 3.63) is 52.1 Å². The van der Waals surface area contributed by atoms with Crippen LogP contribution >= 0.6 is 15.9 Å². The number of hydrogen-bond donors (Lipinski definition) is 1. The lowest BCUT2D eigenvalue weighted by Gasteiger charge is -2.30. The average molecular weight is 504 g/mol. The van der Waals surface area contributed by atoms with Gasteiger partial charge in [-0.05, 0) is 71.8 Å². The molecule has 172 valence electrons. The van der Waals surface area contributed by atoms with Crippen LogP contribution in [-0.2, 0) is 16.1 Å². The van der Waals surface area contributed by atoms with Gasteiger partial charge in [0.15, 0.2) is 6.61 Å². The standard InChI is InChI=1S/C24H30BrN3O4/c1-3-12-31-21-9-7-18(13-17(21)2)15-28(20-6-4-5-11-26-24(20)30)23(29)16-32-22-10-8-19(25)14-27-22/h7-10,13-14,20H,3-6,11-12,15-16H2,1-2H3,(H,26,30). The van der Waals surface area contributed by atoms with E-state index < -0.39 is 6.04 Å². The van der Waals surface area contributed by atoms with Crippen LogP contribution in [0.2, 0.25) is 0 Å². The molecule has 0 aliphatic carbocycles. The van der Waals surface area contributed by atoms with Gasteiger partial charge >= 0.3 is 0 Å². The number of pyridine rings is 1. The quantitative estimate of drug-likeness (QED) is 0.558. The van der Waals surface area contributed by atoms with E-state index in [2.05, 4.69) is 33.2 Å². The van der Waals surface area contributed by atoms with Crippen molar-refractivity contribution in [2.45, 2.75) is 52.1 Å². The molecular formula is C24H30BrN3O4. The normalized spacial score (nSPS) is 16.1. The molecule has 1 aliphatic rings. The summed E-state index contributed by atoms with van der Waals surface area (Å²) in [6, 6.07) is 8.86. The molecule has 32 heavy (non-hydrogen) atoms. The van der Waals surface area contributed by atoms with Crippen molar-refractivity contribution >= 4 is 27.7 Å². The van der Waals surface area contributed by atoms with E-state index in [1.165, 1.54) is 0 Å². The number of nitrogens with zero attached hydrogens (tertiary/aromatic N) is 2. The fourth-order valence-electron chi connectivity index (χ4n) is 3.64. The van der Waals surface area contributed by atoms with Crippen LogP contribution in [0, 0.1) is 6.92 Å². The van der Waals surface area contributed by atoms with Crippen LogP contribution in [0.3, 0.4) is 0 Å². The lowest BCUT2D eigenvalue weighted by molar-refractivity contribution is -0.142. The van der Waals surface area contributed by atoms with Crippen molar-refractivity contribution in [2.24, 2.45) is 0 Å². The molecule has 8 heteroatoms. The number of aromatic nitrogens is 1. The highest BCUT2D eigenvalue weighted by molar-refractivity contribution is 9.10. The molecule has 2 heterocycles. The van der Waals surface area contributed by atoms with E-state index in [1.807, 2.05) is 25.1 Å². The van der Waals surface area contributed by atoms with E-state index in [-0.39, 0.29) is 18.4 Å². The summed E-state index contributed by atoms with van der Waals surface area (Å²) in [6.45, 7) is 5.49. The molecule has 7 nitrogen and oxygen atoms in total. The Balaban J connectivity index is 1.77. The van der Waals surface area contributed by atoms with Crippen LogP contribution in [0.25, 0.3) is 0 Å². The van der Waals surface area contributed by atoms with Crippen LogP contribution in [-0.4, -0.2) is 47.5 Å². The van der Waals surface area contributed by atoms with Gasteiger partial charge in [-0.1, -0.05) is 19.1 Å². The zero-order valence-corrected chi connectivity index (χ0v) is 20.2. The Morgan fingerprint density at radius 1 is 1.25 bits per heavy atom. The maximum absolute atomic E-state index is 13.2. The zero-order chi connectivity index (χ0) is 22.9. The van der Waals surface area contributed by atoms with E-state index in [4.69, 9.17) is 9.47 Å². The first-order chi connectivity index (χ1) is 15.5. The molecule has 0 saturated carbocycles. The number of benzene rings is 1. The highest BCUT2D eigenvalue weighted by atomic mass is 79.9. The minimum Gasteiger partial charge on any atom is -0.493 e. The van der Waals surface area contributed by atoms with E-state index in [9.17, 15) is 9.59 Å². The molecule has 0 bridgehead atoms. The highest BCUT2D eigenvalue weighted by Crippen LogP contribution is 2.23. The molecule has 2 aromatic rings. The predicted octanol–water partition coefficient (Wildman–Crippen LogP) is 4.02. The lowest BCUT2D eigenvalue weighted by atomic mass is 10.1. The number of carbonyl (C=O) groups is 2. The predicted molar refractivity (Wildman–Crippen MR) is 126 cm³/mol. The summed E-state index contributed by atoms with van der Waals surface area (Å²) < 4.78 is 12.2. The van der Waals surface area contributed by atoms with Crippen LogP contribution in [0.5, 0.6) is 11.6 Å². The van der Waals surface area contributed by atoms with Gasteiger partial charge in [-0.2, -0.15) is 0 Å². The van der Waals surface area contributed by atoms with Crippen LogP contribution in [0.1, 0.15) is 43.7 Å². The van der Waals surface area contributed by atoms with Gasteiger partial charge in [0.05, 0.1) is 6.61 Å². The summed E-state index contributed by atoms with van der Waals surface area (Å²) in [7, 11) is 0. The number of rotatable bonds is 9. The minimum atomic E-state index is -0.525. The molecule has 1 aromatic heterocycles. The Kier molecular flexibility index (Phi) is 8.90. The van der Waals surface area contributed by atoms with Gasteiger partial charge in [-0.25, -0.2) is 4.98 Å². The molecule has 0 spiro atoms. The molecule has 1 aromatic carbocycles. The summed E-state index contributed by atoms with van der Waals surface area (Å²) in [5.41, 5.74) is 1.95. The van der Waals surface area contributed by atoms with Crippen molar-refractivity contribution in [2.75, 3.05) is 19.8 Å². The van der Waals surface area contributed by atoms with Gasteiger partial charge in [-0.3, -0.25) is 9.59 Å². The molecule has 1 saturated heterocycles. The number of hydrogen-bond acceptors (Lipinski definition) is 5. The SMILES string of the molecule is CCCOc1ccc(CN(C(=O)COc2ccc(Br)cn2)C2CCCCNC2=O)cc1C. The molecule has 0 radical (unpaired) electrons. The monoisotopic (exact) mass is 503 g/mol. The molecule has 3 rings (SSSR count). The maximum atomic E-state index is 13.2. The summed E-state index contributed by atoms with van der Waals surface area (Å²) in [5.74, 6) is 0.836. The Morgan fingerprint density at radius 3 is 2.81 bits per heavy atom. The number of amides is 2. The van der Waals surface area contributed by atoms with E-state index in [0.717, 1.165) is 40.6 Å². The highest BCUT2D eigenvalue weighted by Gasteiger charge is 2.31. The number of aryl methyl sites for hydroxylation is 1. The van der Waals surface area contributed by atoms with Crippen molar-refractivity contribution in [3.63, 3.8) is 0 Å². The molecule has 2 amide bonds. The fraction of sp³-hybridized carbons (Fsp3) is 0.458. The number of nitrogens with one attached hydrogen (secondary N) is 1. The van der Waals surface area contributed by atoms with Gasteiger partial charge < -0.3 is 19.7 Å². The second-order valence-corrected chi connectivity index (χ2v) is 8.79. The Bertz CT molecular complexity index is 920. The average Bonchev–Trinajstić information content (AvgIpc) is 3.00. The fourth-order valence-corrected chi connectivity index (χ4v) is 3.87. The Morgan fingerprint density at radius 2 is 2.09 bits per heavy atom. The van der Waals surface area contributed by atoms with Gasteiger partial charge in [0, 0.05) is 29.8 Å². The third kappa shape index (κ3) is 6.69. The maximum Gasteiger partial charge on any atom is 0.261 e. The van der Waals surface area contributed by atoms with E-state index in [1.54, 1.807) is 23.2 Å². The summed E-state index contributed by atoms with van der Waals surface area (Å²) >= 11 is 3.33. The summed E-state index contributed by atoms with van der Waals surface area (Å²) in [5, 5.41) is 2.93. The van der Waals surface area contributed by atoms with Gasteiger partial charge in [0.25, 0.3) is 5.91 Å². The third-order valence-corrected chi connectivity index (χ3v) is 5.77. The van der Waals surface area contributed by atoms with E-state index in [0.29, 0.717) is 32.0 Å². The first-order valence-electron chi connectivity index (χ1n) is 11.0. The van der Waals surface area contributed by atoms with Crippen LogP contribution < -0.4 is 14.8 Å². The Labute approximate surface area is 197 Å². The number of carbonyl (C=O) groups excluding carboxylic acids is 2. The molecule has 1 atom stereocenters. The smallest absolute Gasteiger partial charge is 0.261 e. The molecule has 1 unspecified atom stereocenters. The van der Waals surface area contributed by atoms with Crippen molar-refractivity contribution in [1.82, 2.24) is 15.2 Å². The lowest BCUT2D eigenvalue weighted by Crippen LogP contribution is -2.49. The van der Waals surface area contributed by atoms with Crippen LogP contribution in [0.15, 0.2) is 41.0 Å². The number of halogens is 1. The largest absolute Gasteiger partial charge is 0.493 e. The molecule has 1 aliphatic heterocycles. The van der Waals surface area contributed by atoms with Gasteiger partial charge in [0.1, 0.15) is 11.8 Å². The second-order valence-electron chi connectivity index (χ2n) is 7.88. The number of ether oxygens (including phenoxy) is 2. The zero-order valence-electron chi connectivity index (χ0n) is 18.6. The van der Waals surface area contributed by atoms with E-state index >= 15 is 0 Å². The van der Waals surface area contributed by atoms with Crippen molar-refractivity contribution in [1.29, 1.82) is 0 Å². The topological polar surface area (TPSA) is 80.8 Å². The minimum absolute atomic E-state index is 0.114. The first-order valence-corrected chi connectivity index (χ1v) is 11.8. The van der Waals surface area contributed by atoms with Crippen LogP contribution in [0.4, 0.5) is 0 Å². The summed E-state index contributed by atoms with van der Waals surface area (Å²) in [4.78, 5) is 31.7. The molecular weight excluding hydrogens is 474 g/mol.